The van der Waals surface area contributed by atoms with Crippen LogP contribution >= 0.6 is 11.6 Å². The van der Waals surface area contributed by atoms with Crippen LogP contribution in [0.4, 0.5) is 17.7 Å². The summed E-state index contributed by atoms with van der Waals surface area (Å²) in [5.41, 5.74) is 1.06. The molecule has 0 saturated carbocycles. The second-order valence-electron chi connectivity index (χ2n) is 11.2. The van der Waals surface area contributed by atoms with Gasteiger partial charge in [0.2, 0.25) is 11.9 Å². The van der Waals surface area contributed by atoms with Crippen LogP contribution in [-0.2, 0) is 30.5 Å². The molecule has 284 valence electrons. The van der Waals surface area contributed by atoms with E-state index in [1.54, 1.807) is 44.8 Å². The predicted octanol–water partition coefficient (Wildman–Crippen LogP) is 3.81. The number of hydrogen-bond acceptors (Lipinski definition) is 15. The fraction of sp³-hybridized carbons (Fsp3) is 0.394. The number of hydrogen-bond donors (Lipinski definition) is 3. The van der Waals surface area contributed by atoms with E-state index >= 15 is 0 Å². The Morgan fingerprint density at radius 2 is 1.83 bits per heavy atom. The van der Waals surface area contributed by atoms with Gasteiger partial charge in [-0.3, -0.25) is 14.5 Å². The van der Waals surface area contributed by atoms with Gasteiger partial charge in [0.25, 0.3) is 11.0 Å². The van der Waals surface area contributed by atoms with Gasteiger partial charge in [-0.05, 0) is 49.4 Å². The fourth-order valence-corrected chi connectivity index (χ4v) is 5.19. The van der Waals surface area contributed by atoms with Crippen LogP contribution < -0.4 is 19.9 Å². The van der Waals surface area contributed by atoms with E-state index in [9.17, 15) is 29.3 Å². The molecular weight excluding hydrogens is 720 g/mol. The smallest absolute Gasteiger partial charge is 0.328 e. The number of carboxylic acids is 2. The molecule has 3 heterocycles. The molecule has 4 rings (SSSR count). The lowest BCUT2D eigenvalue weighted by Gasteiger charge is -2.25. The molecule has 20 heteroatoms. The molecule has 19 nitrogen and oxygen atoms in total. The molecule has 0 radical (unpaired) electrons. The van der Waals surface area contributed by atoms with Crippen molar-refractivity contribution >= 4 is 53.1 Å². The normalized spacial score (nSPS) is 13.4. The number of carbonyl (C=O) groups is 4. The van der Waals surface area contributed by atoms with Crippen LogP contribution in [0.2, 0.25) is 5.02 Å². The first-order valence-corrected chi connectivity index (χ1v) is 16.6. The van der Waals surface area contributed by atoms with Crippen molar-refractivity contribution in [3.05, 3.63) is 81.3 Å². The van der Waals surface area contributed by atoms with Crippen LogP contribution in [0.5, 0.6) is 5.75 Å². The molecule has 0 spiro atoms. The Labute approximate surface area is 308 Å². The molecule has 2 aromatic heterocycles. The summed E-state index contributed by atoms with van der Waals surface area (Å²) >= 11 is 6.32. The zero-order valence-corrected chi connectivity index (χ0v) is 29.7. The lowest BCUT2D eigenvalue weighted by Crippen LogP contribution is -2.36. The number of methoxy groups -OCH3 is 1. The van der Waals surface area contributed by atoms with Crippen LogP contribution in [0.3, 0.4) is 0 Å². The maximum absolute atomic E-state index is 13.5. The molecule has 1 atom stereocenters. The summed E-state index contributed by atoms with van der Waals surface area (Å²) in [6.45, 7) is 1.13. The number of unbranched alkanes of at least 4 members (excludes halogenated alkanes) is 2. The van der Waals surface area contributed by atoms with Gasteiger partial charge in [-0.2, -0.15) is 4.98 Å². The Balaban J connectivity index is 0.000000846. The number of aliphatic carboxylic acids is 2. The molecule has 3 aromatic rings. The molecule has 3 N–H and O–H groups in total. The topological polar surface area (TPSA) is 250 Å². The highest BCUT2D eigenvalue weighted by atomic mass is 35.5. The number of nitrogens with zero attached hydrogens (tertiary/aromatic N) is 7. The molecule has 1 aromatic carbocycles. The van der Waals surface area contributed by atoms with Crippen LogP contribution in [0.15, 0.2) is 55.0 Å². The van der Waals surface area contributed by atoms with Crippen LogP contribution in [0.1, 0.15) is 54.4 Å². The number of anilines is 3. The summed E-state index contributed by atoms with van der Waals surface area (Å²) < 4.78 is 10.8. The third kappa shape index (κ3) is 13.9. The first-order valence-electron chi connectivity index (χ1n) is 16.2. The van der Waals surface area contributed by atoms with E-state index in [1.807, 2.05) is 11.0 Å². The van der Waals surface area contributed by atoms with Gasteiger partial charge in [0.05, 0.1) is 24.8 Å². The summed E-state index contributed by atoms with van der Waals surface area (Å²) in [5, 5.41) is 28.7. The number of esters is 1. The molecule has 0 bridgehead atoms. The molecule has 1 amide bonds. The predicted molar refractivity (Wildman–Crippen MR) is 189 cm³/mol. The molecule has 1 fully saturated rings. The number of rotatable bonds is 18. The Morgan fingerprint density at radius 3 is 2.47 bits per heavy atom. The standard InChI is InChI=1S/C29H35ClN8O7.C4H4O4/c1-36(28-31-12-7-13-32-28)27(40)22-18-34-29(35-26(22)33-17-20-10-11-24(43-2)23(30)16-20)37-14-6-8-21(37)19-44-25(39)9-4-3-5-15-45-38(41)42;5-3(6)1-2-4(7)8/h7,10-13,16,18,21H,3-6,8-9,14-15,17,19H2,1-2H3,(H,33,34,35);1-2H,(H,5,6)(H,7,8)/b;2-1+. The van der Waals surface area contributed by atoms with Gasteiger partial charge in [-0.25, -0.2) is 24.5 Å². The second-order valence-corrected chi connectivity index (χ2v) is 11.6. The minimum atomic E-state index is -1.26. The maximum Gasteiger partial charge on any atom is 0.328 e. The number of amides is 1. The van der Waals surface area contributed by atoms with E-state index in [0.717, 1.165) is 18.4 Å². The molecule has 53 heavy (non-hydrogen) atoms. The Kier molecular flexibility index (Phi) is 16.6. The van der Waals surface area contributed by atoms with Gasteiger partial charge in [-0.15, -0.1) is 10.1 Å². The third-order valence-electron chi connectivity index (χ3n) is 7.50. The van der Waals surface area contributed by atoms with Crippen molar-refractivity contribution < 1.29 is 48.8 Å². The second kappa shape index (κ2) is 21.3. The van der Waals surface area contributed by atoms with Crippen molar-refractivity contribution in [2.45, 2.75) is 51.1 Å². The zero-order chi connectivity index (χ0) is 38.8. The first kappa shape index (κ1) is 41.3. The zero-order valence-electron chi connectivity index (χ0n) is 28.9. The SMILES string of the molecule is COc1ccc(CNc2nc(N3CCCC3COC(=O)CCCCCO[N+](=O)[O-])ncc2C(=O)N(C)c2ncccn2)cc1Cl.O=C(O)/C=C/C(=O)O. The first-order chi connectivity index (χ1) is 25.4. The lowest BCUT2D eigenvalue weighted by atomic mass is 10.2. The number of aromatic nitrogens is 4. The highest BCUT2D eigenvalue weighted by Crippen LogP contribution is 2.28. The summed E-state index contributed by atoms with van der Waals surface area (Å²) in [4.78, 5) is 80.4. The number of carboxylic acid groups (broad SMARTS) is 2. The number of halogens is 1. The Hall–Kier alpha value is -6.11. The van der Waals surface area contributed by atoms with Crippen molar-refractivity contribution in [1.29, 1.82) is 0 Å². The summed E-state index contributed by atoms with van der Waals surface area (Å²) in [6, 6.07) is 6.91. The summed E-state index contributed by atoms with van der Waals surface area (Å²) in [7, 11) is 3.11. The molecule has 1 unspecified atom stereocenters. The maximum atomic E-state index is 13.5. The molecule has 1 aliphatic rings. The van der Waals surface area contributed by atoms with Gasteiger partial charge in [0.15, 0.2) is 0 Å². The minimum Gasteiger partial charge on any atom is -0.495 e. The van der Waals surface area contributed by atoms with Crippen molar-refractivity contribution in [3.8, 4) is 5.75 Å². The van der Waals surface area contributed by atoms with Crippen molar-refractivity contribution in [3.63, 3.8) is 0 Å². The molecular formula is C33H39ClN8O11. The van der Waals surface area contributed by atoms with Crippen LogP contribution in [0.25, 0.3) is 0 Å². The largest absolute Gasteiger partial charge is 0.495 e. The van der Waals surface area contributed by atoms with Crippen molar-refractivity contribution in [2.24, 2.45) is 0 Å². The monoisotopic (exact) mass is 758 g/mol. The summed E-state index contributed by atoms with van der Waals surface area (Å²) in [6.07, 6.45) is 9.16. The van der Waals surface area contributed by atoms with E-state index in [4.69, 9.17) is 36.3 Å². The number of nitrogens with one attached hydrogen (secondary N) is 1. The summed E-state index contributed by atoms with van der Waals surface area (Å²) in [5.74, 6) is -1.78. The molecule has 1 aliphatic heterocycles. The number of carbonyl (C=O) groups excluding carboxylic acids is 2. The number of ether oxygens (including phenoxy) is 2. The quantitative estimate of drug-likeness (QED) is 0.0548. The van der Waals surface area contributed by atoms with E-state index in [0.29, 0.717) is 67.0 Å². The van der Waals surface area contributed by atoms with Gasteiger partial charge in [0, 0.05) is 57.3 Å². The lowest BCUT2D eigenvalue weighted by molar-refractivity contribution is -0.757. The van der Waals surface area contributed by atoms with Gasteiger partial charge >= 0.3 is 17.9 Å². The average Bonchev–Trinajstić information content (AvgIpc) is 3.62. The van der Waals surface area contributed by atoms with Crippen LogP contribution in [0, 0.1) is 10.1 Å². The van der Waals surface area contributed by atoms with E-state index in [1.165, 1.54) is 11.1 Å². The van der Waals surface area contributed by atoms with E-state index in [-0.39, 0.29) is 43.2 Å². The van der Waals surface area contributed by atoms with Gasteiger partial charge < -0.3 is 34.7 Å². The van der Waals surface area contributed by atoms with Gasteiger partial charge in [0.1, 0.15) is 23.7 Å². The number of benzene rings is 1. The molecule has 0 aliphatic carbocycles. The minimum absolute atomic E-state index is 0.00444. The highest BCUT2D eigenvalue weighted by molar-refractivity contribution is 6.32. The van der Waals surface area contributed by atoms with E-state index < -0.39 is 22.9 Å². The Morgan fingerprint density at radius 1 is 1.11 bits per heavy atom. The van der Waals surface area contributed by atoms with E-state index in [2.05, 4.69) is 25.1 Å². The third-order valence-corrected chi connectivity index (χ3v) is 7.80. The molecule has 1 saturated heterocycles. The highest BCUT2D eigenvalue weighted by Gasteiger charge is 2.30. The van der Waals surface area contributed by atoms with Gasteiger partial charge in [-0.1, -0.05) is 24.1 Å². The van der Waals surface area contributed by atoms with Crippen LogP contribution in [-0.4, -0.2) is 99.0 Å². The Bertz CT molecular complexity index is 1730. The average molecular weight is 759 g/mol. The fourth-order valence-electron chi connectivity index (χ4n) is 4.91. The van der Waals surface area contributed by atoms with Crippen molar-refractivity contribution in [1.82, 2.24) is 19.9 Å². The van der Waals surface area contributed by atoms with Crippen molar-refractivity contribution in [2.75, 3.05) is 49.0 Å².